The van der Waals surface area contributed by atoms with Gasteiger partial charge in [-0.3, -0.25) is 4.98 Å². The van der Waals surface area contributed by atoms with Crippen LogP contribution in [0.3, 0.4) is 0 Å². The second kappa shape index (κ2) is 4.55. The van der Waals surface area contributed by atoms with Gasteiger partial charge in [0, 0.05) is 12.6 Å². The largest absolute Gasteiger partial charge is 0.387 e. The Morgan fingerprint density at radius 1 is 1.33 bits per heavy atom. The second-order valence-corrected chi connectivity index (χ2v) is 4.53. The number of benzene rings is 1. The minimum absolute atomic E-state index is 0.430. The van der Waals surface area contributed by atoms with E-state index in [1.165, 1.54) is 16.9 Å². The lowest BCUT2D eigenvalue weighted by Crippen LogP contribution is -1.99. The van der Waals surface area contributed by atoms with Crippen molar-refractivity contribution in [2.75, 3.05) is 0 Å². The van der Waals surface area contributed by atoms with E-state index in [4.69, 9.17) is 0 Å². The highest BCUT2D eigenvalue weighted by molar-refractivity contribution is 7.09. The molecule has 2 rings (SSSR count). The van der Waals surface area contributed by atoms with Crippen LogP contribution in [0.2, 0.25) is 0 Å². The van der Waals surface area contributed by atoms with Crippen molar-refractivity contribution in [1.82, 2.24) is 4.98 Å². The number of aromatic nitrogens is 1. The fourth-order valence-electron chi connectivity index (χ4n) is 1.44. The Morgan fingerprint density at radius 2 is 2.07 bits per heavy atom. The molecule has 1 heterocycles. The summed E-state index contributed by atoms with van der Waals surface area (Å²) in [5.41, 5.74) is 4.14. The molecule has 15 heavy (non-hydrogen) atoms. The van der Waals surface area contributed by atoms with Crippen LogP contribution in [0.4, 0.5) is 0 Å². The summed E-state index contributed by atoms with van der Waals surface area (Å²) < 4.78 is 0. The summed E-state index contributed by atoms with van der Waals surface area (Å²) in [6, 6.07) is 8.24. The van der Waals surface area contributed by atoms with Gasteiger partial charge in [-0.2, -0.15) is 0 Å². The van der Waals surface area contributed by atoms with Crippen molar-refractivity contribution in [1.29, 1.82) is 0 Å². The minimum Gasteiger partial charge on any atom is -0.387 e. The molecular formula is C12H13NOS. The van der Waals surface area contributed by atoms with Gasteiger partial charge in [-0.15, -0.1) is 11.3 Å². The smallest absolute Gasteiger partial charge is 0.0938 e. The van der Waals surface area contributed by atoms with Crippen LogP contribution in [0.5, 0.6) is 0 Å². The maximum absolute atomic E-state index is 9.90. The Kier molecular flexibility index (Phi) is 3.14. The van der Waals surface area contributed by atoms with Crippen LogP contribution < -0.4 is 0 Å². The normalized spacial score (nSPS) is 12.7. The highest BCUT2D eigenvalue weighted by Crippen LogP contribution is 2.21. The Labute approximate surface area is 93.2 Å². The molecule has 0 aliphatic heterocycles. The molecule has 1 atom stereocenters. The first-order valence-electron chi connectivity index (χ1n) is 4.87. The minimum atomic E-state index is -0.430. The van der Waals surface area contributed by atoms with Gasteiger partial charge < -0.3 is 5.11 Å². The van der Waals surface area contributed by atoms with E-state index in [1.54, 1.807) is 11.7 Å². The average molecular weight is 219 g/mol. The monoisotopic (exact) mass is 219 g/mol. The van der Waals surface area contributed by atoms with E-state index in [0.29, 0.717) is 6.42 Å². The van der Waals surface area contributed by atoms with Crippen LogP contribution in [-0.2, 0) is 6.42 Å². The molecule has 0 aliphatic rings. The summed E-state index contributed by atoms with van der Waals surface area (Å²) in [5.74, 6) is 0. The number of hydrogen-bond donors (Lipinski definition) is 1. The predicted octanol–water partition coefficient (Wildman–Crippen LogP) is 2.73. The van der Waals surface area contributed by atoms with Crippen molar-refractivity contribution in [3.05, 3.63) is 52.0 Å². The van der Waals surface area contributed by atoms with E-state index < -0.39 is 6.10 Å². The number of nitrogens with zero attached hydrogens (tertiary/aromatic N) is 1. The van der Waals surface area contributed by atoms with Gasteiger partial charge in [0.15, 0.2) is 0 Å². The molecule has 1 N–H and O–H groups in total. The molecule has 78 valence electrons. The Balaban J connectivity index is 2.06. The lowest BCUT2D eigenvalue weighted by Gasteiger charge is -2.07. The Bertz CT molecular complexity index is 408. The van der Waals surface area contributed by atoms with Gasteiger partial charge in [0.1, 0.15) is 0 Å². The molecule has 1 unspecified atom stereocenters. The Hall–Kier alpha value is -1.19. The number of hydrogen-bond acceptors (Lipinski definition) is 3. The number of aliphatic hydroxyl groups excluding tert-OH is 1. The van der Waals surface area contributed by atoms with Gasteiger partial charge in [-0.25, -0.2) is 0 Å². The third kappa shape index (κ3) is 2.64. The molecular weight excluding hydrogens is 206 g/mol. The molecule has 3 heteroatoms. The van der Waals surface area contributed by atoms with Crippen molar-refractivity contribution < 1.29 is 5.11 Å². The van der Waals surface area contributed by atoms with Crippen LogP contribution in [0.1, 0.15) is 22.1 Å². The molecule has 0 saturated carbocycles. The topological polar surface area (TPSA) is 33.1 Å². The summed E-state index contributed by atoms with van der Waals surface area (Å²) >= 11 is 1.49. The third-order valence-electron chi connectivity index (χ3n) is 2.33. The molecule has 0 aliphatic carbocycles. The summed E-state index contributed by atoms with van der Waals surface area (Å²) in [4.78, 5) is 4.88. The van der Waals surface area contributed by atoms with E-state index in [2.05, 4.69) is 36.2 Å². The molecule has 0 saturated heterocycles. The highest BCUT2D eigenvalue weighted by atomic mass is 32.1. The first-order valence-corrected chi connectivity index (χ1v) is 5.75. The summed E-state index contributed by atoms with van der Waals surface area (Å²) in [5, 5.41) is 9.90. The zero-order chi connectivity index (χ0) is 10.7. The van der Waals surface area contributed by atoms with Crippen LogP contribution in [-0.4, -0.2) is 10.1 Å². The maximum atomic E-state index is 9.90. The second-order valence-electron chi connectivity index (χ2n) is 3.61. The SMILES string of the molecule is Cc1ccc(CC(O)c2cncs2)cc1. The van der Waals surface area contributed by atoms with Crippen LogP contribution in [0.25, 0.3) is 0 Å². The van der Waals surface area contributed by atoms with E-state index in [9.17, 15) is 5.11 Å². The van der Waals surface area contributed by atoms with Gasteiger partial charge in [0.2, 0.25) is 0 Å². The van der Waals surface area contributed by atoms with E-state index >= 15 is 0 Å². The van der Waals surface area contributed by atoms with Gasteiger partial charge in [0.25, 0.3) is 0 Å². The van der Waals surface area contributed by atoms with Gasteiger partial charge in [-0.05, 0) is 12.5 Å². The van der Waals surface area contributed by atoms with Gasteiger partial charge in [0.05, 0.1) is 16.5 Å². The zero-order valence-electron chi connectivity index (χ0n) is 8.55. The Morgan fingerprint density at radius 3 is 2.67 bits per heavy atom. The zero-order valence-corrected chi connectivity index (χ0v) is 9.37. The molecule has 0 amide bonds. The van der Waals surface area contributed by atoms with Crippen LogP contribution >= 0.6 is 11.3 Å². The number of thiazole rings is 1. The fourth-order valence-corrected chi connectivity index (χ4v) is 2.04. The summed E-state index contributed by atoms with van der Waals surface area (Å²) in [6.07, 6.45) is 1.95. The number of aryl methyl sites for hydroxylation is 1. The first-order chi connectivity index (χ1) is 7.25. The standard InChI is InChI=1S/C12H13NOS/c1-9-2-4-10(5-3-9)6-11(14)12-7-13-8-15-12/h2-5,7-8,11,14H,6H2,1H3. The lowest BCUT2D eigenvalue weighted by molar-refractivity contribution is 0.182. The molecule has 2 nitrogen and oxygen atoms in total. The number of rotatable bonds is 3. The summed E-state index contributed by atoms with van der Waals surface area (Å²) in [7, 11) is 0. The summed E-state index contributed by atoms with van der Waals surface area (Å²) in [6.45, 7) is 2.06. The molecule has 2 aromatic rings. The average Bonchev–Trinajstić information content (AvgIpc) is 2.74. The molecule has 0 bridgehead atoms. The van der Waals surface area contributed by atoms with E-state index in [0.717, 1.165) is 10.4 Å². The third-order valence-corrected chi connectivity index (χ3v) is 3.21. The van der Waals surface area contributed by atoms with Gasteiger partial charge >= 0.3 is 0 Å². The maximum Gasteiger partial charge on any atom is 0.0938 e. The van der Waals surface area contributed by atoms with Gasteiger partial charge in [-0.1, -0.05) is 29.8 Å². The van der Waals surface area contributed by atoms with Crippen molar-refractivity contribution in [3.8, 4) is 0 Å². The van der Waals surface area contributed by atoms with Crippen molar-refractivity contribution >= 4 is 11.3 Å². The quantitative estimate of drug-likeness (QED) is 0.861. The predicted molar refractivity (Wildman–Crippen MR) is 62.0 cm³/mol. The van der Waals surface area contributed by atoms with Crippen LogP contribution in [0.15, 0.2) is 36.0 Å². The fraction of sp³-hybridized carbons (Fsp3) is 0.250. The molecule has 0 fully saturated rings. The van der Waals surface area contributed by atoms with Crippen LogP contribution in [0, 0.1) is 6.92 Å². The van der Waals surface area contributed by atoms with Crippen molar-refractivity contribution in [2.24, 2.45) is 0 Å². The molecule has 0 radical (unpaired) electrons. The highest BCUT2D eigenvalue weighted by Gasteiger charge is 2.09. The van der Waals surface area contributed by atoms with E-state index in [-0.39, 0.29) is 0 Å². The molecule has 1 aromatic heterocycles. The van der Waals surface area contributed by atoms with Crippen molar-refractivity contribution in [2.45, 2.75) is 19.4 Å². The number of aliphatic hydroxyl groups is 1. The molecule has 0 spiro atoms. The lowest BCUT2D eigenvalue weighted by atomic mass is 10.1. The first kappa shape index (κ1) is 10.3. The van der Waals surface area contributed by atoms with Crippen molar-refractivity contribution in [3.63, 3.8) is 0 Å². The molecule has 1 aromatic carbocycles. The van der Waals surface area contributed by atoms with E-state index in [1.807, 2.05) is 0 Å².